The van der Waals surface area contributed by atoms with Crippen molar-refractivity contribution in [1.29, 1.82) is 0 Å². The van der Waals surface area contributed by atoms with Crippen LogP contribution in [0.15, 0.2) is 42.5 Å². The van der Waals surface area contributed by atoms with E-state index in [1.54, 1.807) is 0 Å². The molecule has 0 saturated carbocycles. The average Bonchev–Trinajstić information content (AvgIpc) is 3.10. The number of benzene rings is 2. The van der Waals surface area contributed by atoms with E-state index in [4.69, 9.17) is 15.2 Å². The first-order chi connectivity index (χ1) is 13.1. The highest BCUT2D eigenvalue weighted by Gasteiger charge is 2.26. The minimum Gasteiger partial charge on any atom is -0.490 e. The lowest BCUT2D eigenvalue weighted by molar-refractivity contribution is -0.119. The van der Waals surface area contributed by atoms with Gasteiger partial charge in [0.1, 0.15) is 5.82 Å². The highest BCUT2D eigenvalue weighted by molar-refractivity contribution is 5.75. The Balaban J connectivity index is 1.74. The molecule has 1 fully saturated rings. The predicted octanol–water partition coefficient (Wildman–Crippen LogP) is 3.43. The molecule has 0 bridgehead atoms. The summed E-state index contributed by atoms with van der Waals surface area (Å²) in [6.45, 7) is 3.97. The second-order valence-electron chi connectivity index (χ2n) is 6.65. The lowest BCUT2D eigenvalue weighted by Gasteiger charge is -2.25. The number of nitrogens with two attached hydrogens (primary N) is 1. The summed E-state index contributed by atoms with van der Waals surface area (Å²) in [5.74, 6) is 0.376. The van der Waals surface area contributed by atoms with Gasteiger partial charge in [-0.3, -0.25) is 9.69 Å². The molecule has 3 rings (SSSR count). The van der Waals surface area contributed by atoms with Gasteiger partial charge in [0.05, 0.1) is 6.61 Å². The third kappa shape index (κ3) is 4.98. The van der Waals surface area contributed by atoms with Crippen LogP contribution in [0.25, 0.3) is 0 Å². The summed E-state index contributed by atoms with van der Waals surface area (Å²) in [6, 6.07) is 12.8. The largest absolute Gasteiger partial charge is 0.490 e. The quantitative estimate of drug-likeness (QED) is 0.771. The van der Waals surface area contributed by atoms with Crippen LogP contribution >= 0.6 is 0 Å². The Morgan fingerprint density at radius 3 is 2.67 bits per heavy atom. The number of halogens is 1. The van der Waals surface area contributed by atoms with Gasteiger partial charge < -0.3 is 15.2 Å². The molecule has 2 aromatic carbocycles. The van der Waals surface area contributed by atoms with Crippen LogP contribution in [0.3, 0.4) is 0 Å². The lowest BCUT2D eigenvalue weighted by Crippen LogP contribution is -2.23. The zero-order valence-electron chi connectivity index (χ0n) is 15.5. The van der Waals surface area contributed by atoms with Gasteiger partial charge in [0.15, 0.2) is 18.1 Å². The molecule has 1 atom stereocenters. The van der Waals surface area contributed by atoms with Crippen LogP contribution in [0.2, 0.25) is 0 Å². The van der Waals surface area contributed by atoms with Crippen LogP contribution < -0.4 is 15.2 Å². The summed E-state index contributed by atoms with van der Waals surface area (Å²) in [4.78, 5) is 13.3. The predicted molar refractivity (Wildman–Crippen MR) is 101 cm³/mol. The number of primary amides is 1. The van der Waals surface area contributed by atoms with Crippen molar-refractivity contribution in [3.8, 4) is 11.5 Å². The minimum atomic E-state index is -0.527. The molecule has 6 heteroatoms. The van der Waals surface area contributed by atoms with E-state index in [-0.39, 0.29) is 18.5 Å². The molecule has 5 nitrogen and oxygen atoms in total. The van der Waals surface area contributed by atoms with Crippen molar-refractivity contribution in [3.05, 3.63) is 59.4 Å². The number of nitrogens with zero attached hydrogens (tertiary/aromatic N) is 1. The molecule has 1 amide bonds. The summed E-state index contributed by atoms with van der Waals surface area (Å²) in [7, 11) is 0. The van der Waals surface area contributed by atoms with E-state index in [9.17, 15) is 9.18 Å². The van der Waals surface area contributed by atoms with Crippen molar-refractivity contribution in [2.75, 3.05) is 19.8 Å². The van der Waals surface area contributed by atoms with Crippen molar-refractivity contribution in [2.24, 2.45) is 5.73 Å². The van der Waals surface area contributed by atoms with Gasteiger partial charge >= 0.3 is 0 Å². The van der Waals surface area contributed by atoms with E-state index in [2.05, 4.69) is 4.90 Å². The van der Waals surface area contributed by atoms with Crippen LogP contribution in [-0.2, 0) is 11.3 Å². The summed E-state index contributed by atoms with van der Waals surface area (Å²) in [5, 5.41) is 0. The number of carbonyl (C=O) groups is 1. The van der Waals surface area contributed by atoms with Crippen LogP contribution in [0, 0.1) is 5.82 Å². The van der Waals surface area contributed by atoms with Crippen molar-refractivity contribution < 1.29 is 18.7 Å². The third-order valence-electron chi connectivity index (χ3n) is 4.68. The number of hydrogen-bond donors (Lipinski definition) is 1. The average molecular weight is 372 g/mol. The Kier molecular flexibility index (Phi) is 6.29. The summed E-state index contributed by atoms with van der Waals surface area (Å²) in [6.07, 6.45) is 2.17. The normalized spacial score (nSPS) is 17.0. The van der Waals surface area contributed by atoms with Crippen molar-refractivity contribution in [2.45, 2.75) is 32.4 Å². The zero-order valence-corrected chi connectivity index (χ0v) is 15.5. The summed E-state index contributed by atoms with van der Waals surface area (Å²) >= 11 is 0. The second-order valence-corrected chi connectivity index (χ2v) is 6.65. The van der Waals surface area contributed by atoms with Gasteiger partial charge in [0.2, 0.25) is 0 Å². The molecule has 1 aliphatic rings. The molecule has 27 heavy (non-hydrogen) atoms. The molecule has 1 aliphatic heterocycles. The topological polar surface area (TPSA) is 64.8 Å². The Bertz CT molecular complexity index is 779. The highest BCUT2D eigenvalue weighted by Crippen LogP contribution is 2.35. The Labute approximate surface area is 158 Å². The molecule has 1 unspecified atom stereocenters. The van der Waals surface area contributed by atoms with E-state index >= 15 is 0 Å². The molecular formula is C21H25FN2O3. The van der Waals surface area contributed by atoms with Crippen LogP contribution in [0.5, 0.6) is 11.5 Å². The van der Waals surface area contributed by atoms with E-state index < -0.39 is 5.91 Å². The maximum absolute atomic E-state index is 13.2. The van der Waals surface area contributed by atoms with Crippen LogP contribution in [-0.4, -0.2) is 30.6 Å². The van der Waals surface area contributed by atoms with Gasteiger partial charge in [-0.1, -0.05) is 18.2 Å². The van der Waals surface area contributed by atoms with E-state index in [1.807, 2.05) is 37.3 Å². The zero-order chi connectivity index (χ0) is 19.2. The van der Waals surface area contributed by atoms with Gasteiger partial charge in [-0.05, 0) is 61.7 Å². The maximum Gasteiger partial charge on any atom is 0.255 e. The maximum atomic E-state index is 13.2. The number of rotatable bonds is 8. The number of amides is 1. The molecule has 1 saturated heterocycles. The van der Waals surface area contributed by atoms with Crippen LogP contribution in [0.1, 0.15) is 36.9 Å². The van der Waals surface area contributed by atoms with Crippen LogP contribution in [0.4, 0.5) is 4.39 Å². The molecule has 0 spiro atoms. The van der Waals surface area contributed by atoms with Crippen molar-refractivity contribution in [1.82, 2.24) is 4.90 Å². The van der Waals surface area contributed by atoms with Gasteiger partial charge in [-0.2, -0.15) is 0 Å². The molecule has 1 heterocycles. The number of likely N-dealkylation sites (tertiary alicyclic amines) is 1. The molecule has 144 valence electrons. The lowest BCUT2D eigenvalue weighted by atomic mass is 10.0. The minimum absolute atomic E-state index is 0.182. The molecule has 0 aromatic heterocycles. The fourth-order valence-electron chi connectivity index (χ4n) is 3.50. The number of ether oxygens (including phenoxy) is 2. The fraction of sp³-hybridized carbons (Fsp3) is 0.381. The SMILES string of the molecule is CCOc1cc(CN2CCCC2c2ccc(F)cc2)ccc1OCC(N)=O. The first kappa shape index (κ1) is 19.2. The van der Waals surface area contributed by atoms with Gasteiger partial charge in [-0.25, -0.2) is 4.39 Å². The molecular weight excluding hydrogens is 347 g/mol. The number of carbonyl (C=O) groups excluding carboxylic acids is 1. The van der Waals surface area contributed by atoms with E-state index in [1.165, 1.54) is 12.1 Å². The molecule has 2 aromatic rings. The first-order valence-corrected chi connectivity index (χ1v) is 9.23. The summed E-state index contributed by atoms with van der Waals surface area (Å²) in [5.41, 5.74) is 7.38. The second kappa shape index (κ2) is 8.86. The Morgan fingerprint density at radius 1 is 1.19 bits per heavy atom. The number of hydrogen-bond acceptors (Lipinski definition) is 4. The summed E-state index contributed by atoms with van der Waals surface area (Å²) < 4.78 is 24.3. The van der Waals surface area contributed by atoms with E-state index in [0.29, 0.717) is 18.1 Å². The standard InChI is InChI=1S/C21H25FN2O3/c1-2-26-20-12-15(5-10-19(20)27-14-21(23)25)13-24-11-3-4-18(24)16-6-8-17(22)9-7-16/h5-10,12,18H,2-4,11,13-14H2,1H3,(H2,23,25). The Morgan fingerprint density at radius 2 is 1.96 bits per heavy atom. The van der Waals surface area contributed by atoms with Gasteiger partial charge in [0.25, 0.3) is 5.91 Å². The van der Waals surface area contributed by atoms with Crippen molar-refractivity contribution >= 4 is 5.91 Å². The fourth-order valence-corrected chi connectivity index (χ4v) is 3.50. The Hall–Kier alpha value is -2.60. The van der Waals surface area contributed by atoms with Gasteiger partial charge in [-0.15, -0.1) is 0 Å². The molecule has 0 radical (unpaired) electrons. The molecule has 2 N–H and O–H groups in total. The van der Waals surface area contributed by atoms with Crippen molar-refractivity contribution in [3.63, 3.8) is 0 Å². The monoisotopic (exact) mass is 372 g/mol. The van der Waals surface area contributed by atoms with E-state index in [0.717, 1.165) is 37.1 Å². The molecule has 0 aliphatic carbocycles. The third-order valence-corrected chi connectivity index (χ3v) is 4.68. The van der Waals surface area contributed by atoms with Gasteiger partial charge in [0, 0.05) is 12.6 Å². The smallest absolute Gasteiger partial charge is 0.255 e. The first-order valence-electron chi connectivity index (χ1n) is 9.23. The highest BCUT2D eigenvalue weighted by atomic mass is 19.1.